The van der Waals surface area contributed by atoms with Gasteiger partial charge in [0.2, 0.25) is 10.0 Å². The van der Waals surface area contributed by atoms with Gasteiger partial charge in [0.25, 0.3) is 0 Å². The third kappa shape index (κ3) is 6.46. The van der Waals surface area contributed by atoms with E-state index in [1.54, 1.807) is 31.2 Å². The predicted molar refractivity (Wildman–Crippen MR) is 81.9 cm³/mol. The van der Waals surface area contributed by atoms with E-state index in [0.717, 1.165) is 5.56 Å². The quantitative estimate of drug-likeness (QED) is 0.426. The summed E-state index contributed by atoms with van der Waals surface area (Å²) < 4.78 is 31.3. The monoisotopic (exact) mass is 333 g/mol. The minimum Gasteiger partial charge on any atom is -0.466 e. The molecular weight excluding hydrogens is 314 g/mol. The van der Waals surface area contributed by atoms with Gasteiger partial charge in [0.05, 0.1) is 11.5 Å². The summed E-state index contributed by atoms with van der Waals surface area (Å²) in [5.74, 6) is 0.181. The maximum atomic E-state index is 12.0. The Bertz CT molecular complexity index is 543. The molecule has 7 heteroatoms. The Balaban J connectivity index is 2.47. The molecule has 0 aliphatic heterocycles. The molecule has 0 aromatic heterocycles. The van der Waals surface area contributed by atoms with Gasteiger partial charge in [0.1, 0.15) is 0 Å². The molecule has 0 spiro atoms. The zero-order chi connectivity index (χ0) is 15.7. The van der Waals surface area contributed by atoms with Crippen LogP contribution in [-0.4, -0.2) is 33.4 Å². The van der Waals surface area contributed by atoms with Crippen LogP contribution in [0.3, 0.4) is 0 Å². The number of halogens is 1. The molecule has 0 heterocycles. The molecule has 118 valence electrons. The van der Waals surface area contributed by atoms with E-state index in [1.165, 1.54) is 0 Å². The lowest BCUT2D eigenvalue weighted by molar-refractivity contribution is -0.143. The smallest absolute Gasteiger partial charge is 0.305 e. The summed E-state index contributed by atoms with van der Waals surface area (Å²) in [6.07, 6.45) is 1.31. The van der Waals surface area contributed by atoms with Crippen LogP contribution in [-0.2, 0) is 26.0 Å². The van der Waals surface area contributed by atoms with Crippen molar-refractivity contribution < 1.29 is 17.9 Å². The zero-order valence-electron chi connectivity index (χ0n) is 12.0. The lowest BCUT2D eigenvalue weighted by Crippen LogP contribution is -2.25. The number of nitrogens with one attached hydrogen (secondary N) is 1. The summed E-state index contributed by atoms with van der Waals surface area (Å²) in [5.41, 5.74) is 0.992. The van der Waals surface area contributed by atoms with Gasteiger partial charge in [-0.3, -0.25) is 4.79 Å². The number of esters is 1. The highest BCUT2D eigenvalue weighted by Crippen LogP contribution is 2.11. The van der Waals surface area contributed by atoms with Gasteiger partial charge in [0.15, 0.2) is 0 Å². The molecule has 0 aliphatic carbocycles. The first-order chi connectivity index (χ1) is 9.99. The number of alkyl halides is 1. The summed E-state index contributed by atoms with van der Waals surface area (Å²) in [7, 11) is -3.54. The Labute approximate surface area is 130 Å². The molecule has 0 radical (unpaired) electrons. The molecule has 1 rings (SSSR count). The standard InChI is InChI=1S/C14H20ClNO4S/c1-2-20-14(17)4-3-11-16-21(18,19)13-7-5-12(6-8-13)9-10-15/h5-8,16H,2-4,9-11H2,1H3. The molecule has 1 aromatic carbocycles. The van der Waals surface area contributed by atoms with E-state index in [9.17, 15) is 13.2 Å². The number of aryl methyl sites for hydroxylation is 1. The maximum absolute atomic E-state index is 12.0. The second-order valence-corrected chi connectivity index (χ2v) is 6.53. The summed E-state index contributed by atoms with van der Waals surface area (Å²) in [6.45, 7) is 2.26. The van der Waals surface area contributed by atoms with Crippen molar-refractivity contribution >= 4 is 27.6 Å². The van der Waals surface area contributed by atoms with Crippen molar-refractivity contribution in [3.8, 4) is 0 Å². The van der Waals surface area contributed by atoms with Crippen LogP contribution in [0.25, 0.3) is 0 Å². The van der Waals surface area contributed by atoms with E-state index < -0.39 is 10.0 Å². The molecule has 0 unspecified atom stereocenters. The fourth-order valence-corrected chi connectivity index (χ4v) is 2.99. The normalized spacial score (nSPS) is 11.3. The highest BCUT2D eigenvalue weighted by molar-refractivity contribution is 7.89. The first-order valence-electron chi connectivity index (χ1n) is 6.79. The molecule has 21 heavy (non-hydrogen) atoms. The van der Waals surface area contributed by atoms with Crippen molar-refractivity contribution in [2.45, 2.75) is 31.1 Å². The molecule has 0 fully saturated rings. The van der Waals surface area contributed by atoms with Crippen molar-refractivity contribution in [1.82, 2.24) is 4.72 Å². The van der Waals surface area contributed by atoms with Crippen LogP contribution < -0.4 is 4.72 Å². The van der Waals surface area contributed by atoms with Crippen molar-refractivity contribution in [1.29, 1.82) is 0 Å². The van der Waals surface area contributed by atoms with Crippen molar-refractivity contribution in [2.24, 2.45) is 0 Å². The van der Waals surface area contributed by atoms with E-state index in [2.05, 4.69) is 4.72 Å². The Morgan fingerprint density at radius 3 is 2.52 bits per heavy atom. The molecule has 0 amide bonds. The fraction of sp³-hybridized carbons (Fsp3) is 0.500. The Morgan fingerprint density at radius 2 is 1.95 bits per heavy atom. The van der Waals surface area contributed by atoms with Crippen LogP contribution in [0.2, 0.25) is 0 Å². The van der Waals surface area contributed by atoms with E-state index in [0.29, 0.717) is 25.3 Å². The number of benzene rings is 1. The summed E-state index contributed by atoms with van der Waals surface area (Å²) in [6, 6.07) is 6.59. The van der Waals surface area contributed by atoms with Gasteiger partial charge < -0.3 is 4.74 Å². The van der Waals surface area contributed by atoms with Crippen LogP contribution in [0, 0.1) is 0 Å². The highest BCUT2D eigenvalue weighted by atomic mass is 35.5. The van der Waals surface area contributed by atoms with Gasteiger partial charge in [-0.25, -0.2) is 13.1 Å². The van der Waals surface area contributed by atoms with Crippen LogP contribution in [0.15, 0.2) is 29.2 Å². The lowest BCUT2D eigenvalue weighted by Gasteiger charge is -2.07. The molecule has 0 saturated heterocycles. The lowest BCUT2D eigenvalue weighted by atomic mass is 10.2. The number of ether oxygens (including phenoxy) is 1. The van der Waals surface area contributed by atoms with E-state index in [4.69, 9.17) is 16.3 Å². The number of rotatable bonds is 9. The van der Waals surface area contributed by atoms with Gasteiger partial charge in [-0.1, -0.05) is 12.1 Å². The second kappa shape index (κ2) is 9.02. The van der Waals surface area contributed by atoms with E-state index in [1.807, 2.05) is 0 Å². The summed E-state index contributed by atoms with van der Waals surface area (Å²) >= 11 is 5.63. The van der Waals surface area contributed by atoms with Gasteiger partial charge in [-0.15, -0.1) is 11.6 Å². The zero-order valence-corrected chi connectivity index (χ0v) is 13.5. The number of hydrogen-bond donors (Lipinski definition) is 1. The van der Waals surface area contributed by atoms with E-state index >= 15 is 0 Å². The molecule has 1 aromatic rings. The number of carbonyl (C=O) groups is 1. The molecule has 5 nitrogen and oxygen atoms in total. The van der Waals surface area contributed by atoms with Gasteiger partial charge in [-0.2, -0.15) is 0 Å². The van der Waals surface area contributed by atoms with Crippen molar-refractivity contribution in [2.75, 3.05) is 19.0 Å². The maximum Gasteiger partial charge on any atom is 0.305 e. The third-order valence-corrected chi connectivity index (χ3v) is 4.44. The Morgan fingerprint density at radius 1 is 1.29 bits per heavy atom. The molecule has 0 bridgehead atoms. The SMILES string of the molecule is CCOC(=O)CCCNS(=O)(=O)c1ccc(CCCl)cc1. The number of carbonyl (C=O) groups excluding carboxylic acids is 1. The average Bonchev–Trinajstić information content (AvgIpc) is 2.45. The number of hydrogen-bond acceptors (Lipinski definition) is 4. The average molecular weight is 334 g/mol. The molecule has 0 aliphatic rings. The van der Waals surface area contributed by atoms with Crippen LogP contribution >= 0.6 is 11.6 Å². The topological polar surface area (TPSA) is 72.5 Å². The minimum atomic E-state index is -3.54. The molecular formula is C14H20ClNO4S. The summed E-state index contributed by atoms with van der Waals surface area (Å²) in [5, 5.41) is 0. The first-order valence-corrected chi connectivity index (χ1v) is 8.81. The Hall–Kier alpha value is -1.11. The summed E-state index contributed by atoms with van der Waals surface area (Å²) in [4.78, 5) is 11.3. The minimum absolute atomic E-state index is 0.199. The molecule has 0 atom stereocenters. The van der Waals surface area contributed by atoms with Crippen LogP contribution in [0.4, 0.5) is 0 Å². The van der Waals surface area contributed by atoms with Gasteiger partial charge >= 0.3 is 5.97 Å². The number of sulfonamides is 1. The first kappa shape index (κ1) is 17.9. The van der Waals surface area contributed by atoms with Gasteiger partial charge in [-0.05, 0) is 37.5 Å². The van der Waals surface area contributed by atoms with Crippen LogP contribution in [0.1, 0.15) is 25.3 Å². The largest absolute Gasteiger partial charge is 0.466 e. The molecule has 1 N–H and O–H groups in total. The second-order valence-electron chi connectivity index (χ2n) is 4.39. The van der Waals surface area contributed by atoms with Crippen molar-refractivity contribution in [3.63, 3.8) is 0 Å². The van der Waals surface area contributed by atoms with Gasteiger partial charge in [0, 0.05) is 18.8 Å². The highest BCUT2D eigenvalue weighted by Gasteiger charge is 2.13. The fourth-order valence-electron chi connectivity index (χ4n) is 1.70. The third-order valence-electron chi connectivity index (χ3n) is 2.77. The van der Waals surface area contributed by atoms with Crippen LogP contribution in [0.5, 0.6) is 0 Å². The Kier molecular flexibility index (Phi) is 7.71. The van der Waals surface area contributed by atoms with Crippen molar-refractivity contribution in [3.05, 3.63) is 29.8 Å². The molecule has 0 saturated carbocycles. The van der Waals surface area contributed by atoms with E-state index in [-0.39, 0.29) is 23.8 Å². The predicted octanol–water partition coefficient (Wildman–Crippen LogP) is 2.09.